The van der Waals surface area contributed by atoms with Crippen molar-refractivity contribution in [2.24, 2.45) is 7.05 Å². The number of hydrogen-bond donors (Lipinski definition) is 3. The Morgan fingerprint density at radius 3 is 2.63 bits per heavy atom. The number of aryl methyl sites for hydroxylation is 1. The van der Waals surface area contributed by atoms with Crippen molar-refractivity contribution in [3.8, 4) is 0 Å². The molecule has 3 aromatic rings. The van der Waals surface area contributed by atoms with Crippen molar-refractivity contribution < 1.29 is 14.4 Å². The van der Waals surface area contributed by atoms with Gasteiger partial charge in [-0.05, 0) is 49.1 Å². The van der Waals surface area contributed by atoms with Crippen LogP contribution in [-0.2, 0) is 18.3 Å². The smallest absolute Gasteiger partial charge is 0.326 e. The molecule has 0 bridgehead atoms. The van der Waals surface area contributed by atoms with Crippen LogP contribution in [0.3, 0.4) is 0 Å². The number of imidazole rings is 1. The monoisotopic (exact) mass is 476 g/mol. The number of piperidine rings is 1. The van der Waals surface area contributed by atoms with Crippen molar-refractivity contribution >= 4 is 34.6 Å². The molecule has 5 rings (SSSR count). The van der Waals surface area contributed by atoms with Gasteiger partial charge in [0.15, 0.2) is 0 Å². The number of likely N-dealkylation sites (tertiary alicyclic amines) is 1. The Hall–Kier alpha value is -4.08. The van der Waals surface area contributed by atoms with E-state index in [1.165, 1.54) is 4.57 Å². The van der Waals surface area contributed by atoms with Crippen molar-refractivity contribution in [1.29, 1.82) is 0 Å². The molecule has 0 radical (unpaired) electrons. The highest BCUT2D eigenvalue weighted by Crippen LogP contribution is 2.24. The van der Waals surface area contributed by atoms with Gasteiger partial charge in [-0.3, -0.25) is 14.2 Å². The van der Waals surface area contributed by atoms with Crippen LogP contribution in [-0.4, -0.2) is 69.4 Å². The first-order chi connectivity index (χ1) is 16.9. The minimum absolute atomic E-state index is 0.0720. The number of benzene rings is 2. The molecule has 1 fully saturated rings. The first-order valence-corrected chi connectivity index (χ1v) is 11.8. The van der Waals surface area contributed by atoms with Gasteiger partial charge in [0.2, 0.25) is 5.91 Å². The number of anilines is 1. The Balaban J connectivity index is 1.13. The number of para-hydroxylation sites is 1. The van der Waals surface area contributed by atoms with Crippen LogP contribution in [0.5, 0.6) is 0 Å². The third kappa shape index (κ3) is 4.51. The molecule has 2 aliphatic heterocycles. The van der Waals surface area contributed by atoms with Crippen LogP contribution < -0.4 is 16.3 Å². The molecule has 2 aromatic carbocycles. The summed E-state index contributed by atoms with van der Waals surface area (Å²) in [6.45, 7) is 1.61. The summed E-state index contributed by atoms with van der Waals surface area (Å²) in [6.07, 6.45) is 2.19. The largest absolute Gasteiger partial charge is 0.343 e. The topological polar surface area (TPSA) is 120 Å². The predicted molar refractivity (Wildman–Crippen MR) is 131 cm³/mol. The quantitative estimate of drug-likeness (QED) is 0.531. The molecule has 4 amide bonds. The summed E-state index contributed by atoms with van der Waals surface area (Å²) in [5.41, 5.74) is 3.38. The lowest BCUT2D eigenvalue weighted by atomic mass is 10.0. The molecule has 2 aliphatic rings. The van der Waals surface area contributed by atoms with Gasteiger partial charge in [-0.1, -0.05) is 18.2 Å². The van der Waals surface area contributed by atoms with E-state index in [1.54, 1.807) is 30.1 Å². The summed E-state index contributed by atoms with van der Waals surface area (Å²) in [7, 11) is 1.65. The fourth-order valence-electron chi connectivity index (χ4n) is 4.91. The van der Waals surface area contributed by atoms with Gasteiger partial charge in [-0.15, -0.1) is 0 Å². The summed E-state index contributed by atoms with van der Waals surface area (Å²) in [5.74, 6) is -0.528. The van der Waals surface area contributed by atoms with Gasteiger partial charge in [-0.2, -0.15) is 0 Å². The SMILES string of the molecule is Cn1c(=O)[nH]c2cc(C(=O)NCC(=O)N3CCC(N4CCc5ccccc5NC4=O)CC3)ccc21. The van der Waals surface area contributed by atoms with Crippen molar-refractivity contribution in [3.05, 3.63) is 64.1 Å². The summed E-state index contributed by atoms with van der Waals surface area (Å²) in [4.78, 5) is 56.1. The molecule has 3 N–H and O–H groups in total. The number of amides is 4. The van der Waals surface area contributed by atoms with Gasteiger partial charge in [0, 0.05) is 44.0 Å². The Bertz CT molecular complexity index is 1350. The molecule has 0 unspecified atom stereocenters. The standard InChI is InChI=1S/C25H28N6O4/c1-29-21-7-6-17(14-20(21)28-24(29)34)23(33)26-15-22(32)30-11-9-18(10-12-30)31-13-8-16-4-2-3-5-19(16)27-25(31)35/h2-7,14,18H,8-13,15H2,1H3,(H,26,33)(H,27,35)(H,28,34). The van der Waals surface area contributed by atoms with E-state index >= 15 is 0 Å². The highest BCUT2D eigenvalue weighted by Gasteiger charge is 2.31. The number of carbonyl (C=O) groups is 3. The van der Waals surface area contributed by atoms with E-state index in [0.717, 1.165) is 17.7 Å². The third-order valence-electron chi connectivity index (χ3n) is 6.97. The van der Waals surface area contributed by atoms with Crippen molar-refractivity contribution in [2.75, 3.05) is 31.5 Å². The van der Waals surface area contributed by atoms with Crippen LogP contribution in [0.15, 0.2) is 47.3 Å². The molecule has 3 heterocycles. The van der Waals surface area contributed by atoms with Crippen molar-refractivity contribution in [1.82, 2.24) is 24.7 Å². The van der Waals surface area contributed by atoms with Crippen LogP contribution in [0, 0.1) is 0 Å². The van der Waals surface area contributed by atoms with Crippen LogP contribution in [0.2, 0.25) is 0 Å². The summed E-state index contributed by atoms with van der Waals surface area (Å²) in [5, 5.41) is 5.68. The normalized spacial score (nSPS) is 16.5. The van der Waals surface area contributed by atoms with E-state index in [0.29, 0.717) is 49.1 Å². The maximum Gasteiger partial charge on any atom is 0.326 e. The van der Waals surface area contributed by atoms with E-state index in [4.69, 9.17) is 0 Å². The Kier molecular flexibility index (Phi) is 6.02. The molecule has 0 atom stereocenters. The summed E-state index contributed by atoms with van der Waals surface area (Å²) >= 11 is 0. The number of nitrogens with zero attached hydrogens (tertiary/aromatic N) is 3. The lowest BCUT2D eigenvalue weighted by molar-refractivity contribution is -0.131. The molecule has 0 spiro atoms. The lowest BCUT2D eigenvalue weighted by Crippen LogP contribution is -2.51. The number of carbonyl (C=O) groups excluding carboxylic acids is 3. The maximum absolute atomic E-state index is 12.8. The third-order valence-corrected chi connectivity index (χ3v) is 6.97. The van der Waals surface area contributed by atoms with Crippen LogP contribution in [0.1, 0.15) is 28.8 Å². The zero-order chi connectivity index (χ0) is 24.5. The highest BCUT2D eigenvalue weighted by atomic mass is 16.2. The summed E-state index contributed by atoms with van der Waals surface area (Å²) < 4.78 is 1.47. The second-order valence-corrected chi connectivity index (χ2v) is 9.05. The van der Waals surface area contributed by atoms with E-state index < -0.39 is 0 Å². The molecular weight excluding hydrogens is 448 g/mol. The molecule has 1 saturated heterocycles. The van der Waals surface area contributed by atoms with Crippen molar-refractivity contribution in [2.45, 2.75) is 25.3 Å². The van der Waals surface area contributed by atoms with E-state index in [-0.39, 0.29) is 36.1 Å². The molecule has 10 heteroatoms. The zero-order valence-electron chi connectivity index (χ0n) is 19.5. The molecule has 182 valence electrons. The summed E-state index contributed by atoms with van der Waals surface area (Å²) in [6, 6.07) is 12.8. The number of urea groups is 1. The minimum atomic E-state index is -0.374. The number of hydrogen-bond acceptors (Lipinski definition) is 4. The molecular formula is C25H28N6O4. The molecule has 1 aromatic heterocycles. The molecule has 0 aliphatic carbocycles. The highest BCUT2D eigenvalue weighted by molar-refractivity contribution is 5.99. The fourth-order valence-corrected chi connectivity index (χ4v) is 4.91. The number of H-pyrrole nitrogens is 1. The maximum atomic E-state index is 12.8. The van der Waals surface area contributed by atoms with Crippen LogP contribution in [0.25, 0.3) is 11.0 Å². The van der Waals surface area contributed by atoms with E-state index in [9.17, 15) is 19.2 Å². The number of nitrogens with one attached hydrogen (secondary N) is 3. The van der Waals surface area contributed by atoms with Gasteiger partial charge in [0.05, 0.1) is 17.6 Å². The average molecular weight is 477 g/mol. The molecule has 35 heavy (non-hydrogen) atoms. The minimum Gasteiger partial charge on any atom is -0.343 e. The van der Waals surface area contributed by atoms with Crippen LogP contribution >= 0.6 is 0 Å². The first-order valence-electron chi connectivity index (χ1n) is 11.8. The van der Waals surface area contributed by atoms with Gasteiger partial charge >= 0.3 is 11.7 Å². The Morgan fingerprint density at radius 1 is 1.06 bits per heavy atom. The Labute approximate surface area is 201 Å². The number of aromatic nitrogens is 2. The van der Waals surface area contributed by atoms with E-state index in [1.807, 2.05) is 29.2 Å². The second-order valence-electron chi connectivity index (χ2n) is 9.05. The first kappa shape index (κ1) is 22.7. The van der Waals surface area contributed by atoms with Gasteiger partial charge in [-0.25, -0.2) is 9.59 Å². The van der Waals surface area contributed by atoms with E-state index in [2.05, 4.69) is 15.6 Å². The lowest BCUT2D eigenvalue weighted by Gasteiger charge is -2.38. The average Bonchev–Trinajstić information content (AvgIpc) is 3.04. The zero-order valence-corrected chi connectivity index (χ0v) is 19.5. The Morgan fingerprint density at radius 2 is 1.83 bits per heavy atom. The van der Waals surface area contributed by atoms with Gasteiger partial charge < -0.3 is 25.4 Å². The molecule has 10 nitrogen and oxygen atoms in total. The van der Waals surface area contributed by atoms with Crippen LogP contribution in [0.4, 0.5) is 10.5 Å². The van der Waals surface area contributed by atoms with Gasteiger partial charge in [0.1, 0.15) is 0 Å². The fraction of sp³-hybridized carbons (Fsp3) is 0.360. The van der Waals surface area contributed by atoms with Gasteiger partial charge in [0.25, 0.3) is 5.91 Å². The van der Waals surface area contributed by atoms with Crippen molar-refractivity contribution in [3.63, 3.8) is 0 Å². The predicted octanol–water partition coefficient (Wildman–Crippen LogP) is 1.68. The number of aromatic amines is 1. The number of fused-ring (bicyclic) bond motifs is 2. The molecule has 0 saturated carbocycles. The second kappa shape index (κ2) is 9.28. The number of rotatable bonds is 4.